The Bertz CT molecular complexity index is 549. The molecule has 90 valence electrons. The van der Waals surface area contributed by atoms with Crippen molar-refractivity contribution in [1.29, 1.82) is 0 Å². The number of hydrogen-bond acceptors (Lipinski definition) is 4. The maximum absolute atomic E-state index is 9.94. The number of benzene rings is 1. The number of anilines is 1. The summed E-state index contributed by atoms with van der Waals surface area (Å²) < 4.78 is 4.99. The predicted molar refractivity (Wildman–Crippen MR) is 67.1 cm³/mol. The van der Waals surface area contributed by atoms with Gasteiger partial charge >= 0.3 is 0 Å². The number of nitrogens with zero attached hydrogens (tertiary/aromatic N) is 1. The van der Waals surface area contributed by atoms with Gasteiger partial charge in [-0.2, -0.15) is 0 Å². The lowest BCUT2D eigenvalue weighted by atomic mass is 10.00. The summed E-state index contributed by atoms with van der Waals surface area (Å²) in [6.45, 7) is 4.01. The lowest BCUT2D eigenvalue weighted by Crippen LogP contribution is -1.90. The molecule has 4 nitrogen and oxygen atoms in total. The van der Waals surface area contributed by atoms with E-state index in [0.717, 1.165) is 5.56 Å². The quantitative estimate of drug-likeness (QED) is 0.859. The van der Waals surface area contributed by atoms with E-state index >= 15 is 0 Å². The minimum absolute atomic E-state index is 0.106. The normalized spacial score (nSPS) is 11.1. The molecular formula is C12H13ClN2O2. The molecule has 0 aliphatic heterocycles. The van der Waals surface area contributed by atoms with E-state index in [2.05, 4.69) is 5.16 Å². The molecule has 0 aliphatic rings. The third-order valence-electron chi connectivity index (χ3n) is 2.53. The van der Waals surface area contributed by atoms with E-state index in [4.69, 9.17) is 21.9 Å². The van der Waals surface area contributed by atoms with Crippen LogP contribution in [0.1, 0.15) is 25.3 Å². The van der Waals surface area contributed by atoms with Gasteiger partial charge < -0.3 is 15.4 Å². The molecule has 0 aliphatic carbocycles. The Morgan fingerprint density at radius 1 is 1.35 bits per heavy atom. The Labute approximate surface area is 104 Å². The molecular weight excluding hydrogens is 240 g/mol. The van der Waals surface area contributed by atoms with Crippen LogP contribution in [0.2, 0.25) is 5.02 Å². The first kappa shape index (κ1) is 11.8. The molecule has 1 heterocycles. The number of aromatic nitrogens is 1. The van der Waals surface area contributed by atoms with Crippen LogP contribution in [0, 0.1) is 0 Å². The van der Waals surface area contributed by atoms with E-state index in [0.29, 0.717) is 16.3 Å². The Balaban J connectivity index is 2.54. The highest BCUT2D eigenvalue weighted by molar-refractivity contribution is 6.31. The lowest BCUT2D eigenvalue weighted by Gasteiger charge is -2.10. The number of phenolic OH excluding ortho intramolecular Hbond substituents is 1. The van der Waals surface area contributed by atoms with Crippen LogP contribution < -0.4 is 5.73 Å². The molecule has 5 heteroatoms. The summed E-state index contributed by atoms with van der Waals surface area (Å²) in [6.07, 6.45) is 0. The van der Waals surface area contributed by atoms with Crippen LogP contribution in [0.3, 0.4) is 0 Å². The van der Waals surface area contributed by atoms with Gasteiger partial charge in [0.2, 0.25) is 0 Å². The molecule has 2 aromatic rings. The van der Waals surface area contributed by atoms with Crippen molar-refractivity contribution in [2.75, 3.05) is 5.73 Å². The first-order chi connectivity index (χ1) is 7.99. The van der Waals surface area contributed by atoms with E-state index in [-0.39, 0.29) is 17.5 Å². The second-order valence-electron chi connectivity index (χ2n) is 4.16. The van der Waals surface area contributed by atoms with Crippen molar-refractivity contribution in [3.8, 4) is 17.1 Å². The van der Waals surface area contributed by atoms with Crippen LogP contribution in [0.4, 0.5) is 5.82 Å². The highest BCUT2D eigenvalue weighted by atomic mass is 35.5. The van der Waals surface area contributed by atoms with Crippen molar-refractivity contribution in [2.45, 2.75) is 19.8 Å². The molecule has 1 aromatic carbocycles. The van der Waals surface area contributed by atoms with Gasteiger partial charge in [0, 0.05) is 11.1 Å². The fraction of sp³-hybridized carbons (Fsp3) is 0.250. The van der Waals surface area contributed by atoms with Crippen LogP contribution in [-0.2, 0) is 0 Å². The molecule has 0 spiro atoms. The highest BCUT2D eigenvalue weighted by Crippen LogP contribution is 2.37. The van der Waals surface area contributed by atoms with E-state index in [1.54, 1.807) is 18.2 Å². The Morgan fingerprint density at radius 3 is 2.59 bits per heavy atom. The molecule has 0 radical (unpaired) electrons. The monoisotopic (exact) mass is 252 g/mol. The standard InChI is InChI=1S/C12H13ClN2O2/c1-6(2)7-4-10(16)8(3-9(7)13)11-5-12(14)15-17-11/h3-6,16H,1-2H3,(H2,14,15). The number of nitrogen functional groups attached to an aromatic ring is 1. The van der Waals surface area contributed by atoms with Crippen LogP contribution in [0.5, 0.6) is 5.75 Å². The third-order valence-corrected chi connectivity index (χ3v) is 2.86. The van der Waals surface area contributed by atoms with Gasteiger partial charge in [-0.1, -0.05) is 30.6 Å². The minimum Gasteiger partial charge on any atom is -0.507 e. The lowest BCUT2D eigenvalue weighted by molar-refractivity contribution is 0.429. The molecule has 0 unspecified atom stereocenters. The number of rotatable bonds is 2. The largest absolute Gasteiger partial charge is 0.507 e. The van der Waals surface area contributed by atoms with Gasteiger partial charge in [0.15, 0.2) is 11.6 Å². The summed E-state index contributed by atoms with van der Waals surface area (Å²) >= 11 is 6.15. The summed E-state index contributed by atoms with van der Waals surface area (Å²) in [5.74, 6) is 1.01. The van der Waals surface area contributed by atoms with Gasteiger partial charge in [-0.15, -0.1) is 0 Å². The SMILES string of the molecule is CC(C)c1cc(O)c(-c2cc(N)no2)cc1Cl. The van der Waals surface area contributed by atoms with E-state index in [9.17, 15) is 5.11 Å². The molecule has 2 rings (SSSR count). The molecule has 1 aromatic heterocycles. The Hall–Kier alpha value is -1.68. The molecule has 0 amide bonds. The van der Waals surface area contributed by atoms with Gasteiger partial charge in [-0.25, -0.2) is 0 Å². The minimum atomic E-state index is 0.106. The van der Waals surface area contributed by atoms with Crippen molar-refractivity contribution in [3.63, 3.8) is 0 Å². The van der Waals surface area contributed by atoms with Crippen molar-refractivity contribution in [2.24, 2.45) is 0 Å². The maximum atomic E-state index is 9.94. The number of aromatic hydroxyl groups is 1. The van der Waals surface area contributed by atoms with E-state index in [1.165, 1.54) is 0 Å². The zero-order chi connectivity index (χ0) is 12.6. The first-order valence-electron chi connectivity index (χ1n) is 5.24. The number of phenols is 1. The molecule has 3 N–H and O–H groups in total. The third kappa shape index (κ3) is 2.22. The molecule has 0 bridgehead atoms. The zero-order valence-corrected chi connectivity index (χ0v) is 10.3. The average Bonchev–Trinajstić information content (AvgIpc) is 2.67. The van der Waals surface area contributed by atoms with Gasteiger partial charge in [-0.3, -0.25) is 0 Å². The fourth-order valence-corrected chi connectivity index (χ4v) is 2.02. The first-order valence-corrected chi connectivity index (χ1v) is 5.61. The number of hydrogen-bond donors (Lipinski definition) is 2. The smallest absolute Gasteiger partial charge is 0.172 e. The predicted octanol–water partition coefficient (Wildman–Crippen LogP) is 3.41. The molecule has 0 saturated carbocycles. The van der Waals surface area contributed by atoms with Crippen molar-refractivity contribution in [1.82, 2.24) is 5.16 Å². The van der Waals surface area contributed by atoms with Crippen LogP contribution >= 0.6 is 11.6 Å². The zero-order valence-electron chi connectivity index (χ0n) is 9.57. The maximum Gasteiger partial charge on any atom is 0.172 e. The molecule has 0 saturated heterocycles. The summed E-state index contributed by atoms with van der Waals surface area (Å²) in [6, 6.07) is 4.84. The second-order valence-corrected chi connectivity index (χ2v) is 4.57. The van der Waals surface area contributed by atoms with Gasteiger partial charge in [0.05, 0.1) is 5.56 Å². The molecule has 0 atom stereocenters. The topological polar surface area (TPSA) is 72.3 Å². The van der Waals surface area contributed by atoms with Crippen LogP contribution in [0.15, 0.2) is 22.7 Å². The summed E-state index contributed by atoms with van der Waals surface area (Å²) in [5, 5.41) is 14.1. The summed E-state index contributed by atoms with van der Waals surface area (Å²) in [5.41, 5.74) is 6.84. The van der Waals surface area contributed by atoms with Crippen molar-refractivity contribution >= 4 is 17.4 Å². The molecule has 17 heavy (non-hydrogen) atoms. The average molecular weight is 253 g/mol. The van der Waals surface area contributed by atoms with Crippen LogP contribution in [0.25, 0.3) is 11.3 Å². The van der Waals surface area contributed by atoms with Gasteiger partial charge in [0.25, 0.3) is 0 Å². The number of nitrogens with two attached hydrogens (primary N) is 1. The number of halogens is 1. The van der Waals surface area contributed by atoms with Gasteiger partial charge in [-0.05, 0) is 23.6 Å². The fourth-order valence-electron chi connectivity index (χ4n) is 1.63. The Kier molecular flexibility index (Phi) is 2.98. The van der Waals surface area contributed by atoms with E-state index < -0.39 is 0 Å². The summed E-state index contributed by atoms with van der Waals surface area (Å²) in [7, 11) is 0. The summed E-state index contributed by atoms with van der Waals surface area (Å²) in [4.78, 5) is 0. The Morgan fingerprint density at radius 2 is 2.06 bits per heavy atom. The second kappa shape index (κ2) is 4.30. The molecule has 0 fully saturated rings. The van der Waals surface area contributed by atoms with Crippen LogP contribution in [-0.4, -0.2) is 10.3 Å². The van der Waals surface area contributed by atoms with E-state index in [1.807, 2.05) is 13.8 Å². The highest BCUT2D eigenvalue weighted by Gasteiger charge is 2.15. The van der Waals surface area contributed by atoms with Crippen molar-refractivity contribution in [3.05, 3.63) is 28.8 Å². The van der Waals surface area contributed by atoms with Crippen molar-refractivity contribution < 1.29 is 9.63 Å². The van der Waals surface area contributed by atoms with Gasteiger partial charge in [0.1, 0.15) is 5.75 Å².